The minimum atomic E-state index is -0.405. The predicted molar refractivity (Wildman–Crippen MR) is 120 cm³/mol. The number of aromatic nitrogens is 2. The number of anilines is 2. The lowest BCUT2D eigenvalue weighted by atomic mass is 10.3. The number of hydrogen-bond donors (Lipinski definition) is 3. The van der Waals surface area contributed by atoms with Crippen molar-refractivity contribution in [1.82, 2.24) is 14.9 Å². The summed E-state index contributed by atoms with van der Waals surface area (Å²) in [6.07, 6.45) is 3.39. The Bertz CT molecular complexity index is 1090. The van der Waals surface area contributed by atoms with E-state index in [9.17, 15) is 9.59 Å². The largest absolute Gasteiger partial charge is 0.337 e. The topological polar surface area (TPSA) is 88.1 Å². The Morgan fingerprint density at radius 3 is 2.07 bits per heavy atom. The first-order chi connectivity index (χ1) is 14.3. The number of carbonyl (C=O) groups is 2. The summed E-state index contributed by atoms with van der Waals surface area (Å²) in [5.41, 5.74) is 1.66. The van der Waals surface area contributed by atoms with Crippen molar-refractivity contribution < 1.29 is 9.59 Å². The third-order valence-corrected chi connectivity index (χ3v) is 5.36. The van der Waals surface area contributed by atoms with E-state index in [0.717, 1.165) is 0 Å². The highest BCUT2D eigenvalue weighted by Crippen LogP contribution is 2.25. The van der Waals surface area contributed by atoms with E-state index in [0.29, 0.717) is 50.1 Å². The molecule has 0 fully saturated rings. The van der Waals surface area contributed by atoms with Crippen LogP contribution >= 0.6 is 46.4 Å². The number of benzene rings is 2. The molecular weight excluding hydrogens is 472 g/mol. The Labute approximate surface area is 192 Å². The number of nitrogens with one attached hydrogen (secondary N) is 3. The van der Waals surface area contributed by atoms with Crippen LogP contribution in [0, 0.1) is 0 Å². The number of halogens is 4. The van der Waals surface area contributed by atoms with Gasteiger partial charge in [0, 0.05) is 30.5 Å². The van der Waals surface area contributed by atoms with E-state index in [2.05, 4.69) is 20.9 Å². The van der Waals surface area contributed by atoms with Crippen molar-refractivity contribution in [2.45, 2.75) is 6.42 Å². The van der Waals surface area contributed by atoms with Gasteiger partial charge in [0.2, 0.25) is 0 Å². The highest BCUT2D eigenvalue weighted by molar-refractivity contribution is 6.42. The van der Waals surface area contributed by atoms with Gasteiger partial charge in [-0.2, -0.15) is 0 Å². The van der Waals surface area contributed by atoms with Crippen molar-refractivity contribution in [1.29, 1.82) is 0 Å². The van der Waals surface area contributed by atoms with Crippen molar-refractivity contribution in [3.05, 3.63) is 74.7 Å². The van der Waals surface area contributed by atoms with Crippen LogP contribution in [0.25, 0.3) is 0 Å². The van der Waals surface area contributed by atoms with Crippen molar-refractivity contribution in [3.8, 4) is 0 Å². The smallest absolute Gasteiger partial charge is 0.331 e. The van der Waals surface area contributed by atoms with Crippen LogP contribution in [0.2, 0.25) is 20.1 Å². The lowest BCUT2D eigenvalue weighted by Crippen LogP contribution is -2.30. The number of hydrogen-bond acceptors (Lipinski definition) is 3. The highest BCUT2D eigenvalue weighted by atomic mass is 35.5. The quantitative estimate of drug-likeness (QED) is 0.416. The lowest BCUT2D eigenvalue weighted by Gasteiger charge is -2.08. The summed E-state index contributed by atoms with van der Waals surface area (Å²) in [4.78, 5) is 28.4. The Hall–Kier alpha value is -2.45. The van der Waals surface area contributed by atoms with Gasteiger partial charge in [-0.1, -0.05) is 46.4 Å². The number of imidazole rings is 1. The fourth-order valence-corrected chi connectivity index (χ4v) is 3.02. The van der Waals surface area contributed by atoms with Gasteiger partial charge < -0.3 is 16.0 Å². The van der Waals surface area contributed by atoms with Gasteiger partial charge in [0.25, 0.3) is 0 Å². The molecule has 0 aliphatic heterocycles. The summed E-state index contributed by atoms with van der Waals surface area (Å²) < 4.78 is 1.30. The molecule has 1 heterocycles. The van der Waals surface area contributed by atoms with Gasteiger partial charge in [0.15, 0.2) is 0 Å². The highest BCUT2D eigenvalue weighted by Gasteiger charge is 2.09. The van der Waals surface area contributed by atoms with Crippen LogP contribution in [0.3, 0.4) is 0 Å². The monoisotopic (exact) mass is 485 g/mol. The first-order valence-corrected chi connectivity index (χ1v) is 10.1. The van der Waals surface area contributed by atoms with E-state index >= 15 is 0 Å². The maximum atomic E-state index is 12.3. The molecule has 0 aliphatic rings. The lowest BCUT2D eigenvalue weighted by molar-refractivity contribution is 0.251. The molecule has 0 spiro atoms. The third-order valence-electron chi connectivity index (χ3n) is 3.89. The Balaban J connectivity index is 1.47. The normalized spacial score (nSPS) is 10.5. The fourth-order valence-electron chi connectivity index (χ4n) is 2.42. The van der Waals surface area contributed by atoms with Crippen LogP contribution < -0.4 is 16.0 Å². The van der Waals surface area contributed by atoms with Gasteiger partial charge in [0.1, 0.15) is 6.33 Å². The molecule has 3 rings (SSSR count). The maximum absolute atomic E-state index is 12.3. The van der Waals surface area contributed by atoms with E-state index in [4.69, 9.17) is 46.4 Å². The molecule has 3 N–H and O–H groups in total. The molecule has 0 saturated carbocycles. The molecule has 3 aromatic rings. The second-order valence-corrected chi connectivity index (χ2v) is 7.72. The van der Waals surface area contributed by atoms with E-state index in [1.54, 1.807) is 42.6 Å². The molecule has 0 saturated heterocycles. The van der Waals surface area contributed by atoms with Crippen LogP contribution in [-0.2, 0) is 6.42 Å². The van der Waals surface area contributed by atoms with Crippen molar-refractivity contribution in [2.75, 3.05) is 17.2 Å². The number of nitrogens with zero attached hydrogens (tertiary/aromatic N) is 2. The molecular formula is C19H15Cl4N5O2. The molecule has 0 unspecified atom stereocenters. The molecule has 3 amide bonds. The van der Waals surface area contributed by atoms with Crippen LogP contribution in [0.15, 0.2) is 48.9 Å². The molecule has 11 heteroatoms. The second kappa shape index (κ2) is 10.0. The Morgan fingerprint density at radius 2 is 1.47 bits per heavy atom. The van der Waals surface area contributed by atoms with Crippen LogP contribution in [0.5, 0.6) is 0 Å². The average molecular weight is 487 g/mol. The first kappa shape index (κ1) is 22.2. The summed E-state index contributed by atoms with van der Waals surface area (Å²) in [5.74, 6) is 0. The van der Waals surface area contributed by atoms with E-state index in [1.807, 2.05) is 0 Å². The standard InChI is InChI=1S/C19H15Cl4N5O2/c20-14-3-1-11(7-16(14)22)26-18(29)24-6-5-13-9-28(10-25-13)19(30)27-12-2-4-15(21)17(23)8-12/h1-4,7-10H,5-6H2,(H,27,30)(H2,24,26,29). The average Bonchev–Trinajstić information content (AvgIpc) is 3.17. The maximum Gasteiger partial charge on any atom is 0.331 e. The predicted octanol–water partition coefficient (Wildman–Crippen LogP) is 5.94. The van der Waals surface area contributed by atoms with Gasteiger partial charge >= 0.3 is 12.1 Å². The minimum absolute atomic E-state index is 0.318. The van der Waals surface area contributed by atoms with Crippen LogP contribution in [0.4, 0.5) is 21.0 Å². The zero-order valence-corrected chi connectivity index (χ0v) is 18.3. The molecule has 0 atom stereocenters. The van der Waals surface area contributed by atoms with E-state index in [1.165, 1.54) is 10.9 Å². The SMILES string of the molecule is O=C(NCCc1cn(C(=O)Nc2ccc(Cl)c(Cl)c2)cn1)Nc1ccc(Cl)c(Cl)c1. The van der Waals surface area contributed by atoms with Crippen molar-refractivity contribution in [2.24, 2.45) is 0 Å². The Kier molecular flexibility index (Phi) is 7.44. The van der Waals surface area contributed by atoms with Crippen LogP contribution in [0.1, 0.15) is 5.69 Å². The van der Waals surface area contributed by atoms with Crippen LogP contribution in [-0.4, -0.2) is 28.2 Å². The molecule has 1 aromatic heterocycles. The minimum Gasteiger partial charge on any atom is -0.337 e. The summed E-state index contributed by atoms with van der Waals surface area (Å²) >= 11 is 23.6. The zero-order chi connectivity index (χ0) is 21.7. The number of amides is 3. The van der Waals surface area contributed by atoms with Crippen molar-refractivity contribution in [3.63, 3.8) is 0 Å². The third kappa shape index (κ3) is 6.03. The summed E-state index contributed by atoms with van der Waals surface area (Å²) in [7, 11) is 0. The zero-order valence-electron chi connectivity index (χ0n) is 15.3. The molecule has 7 nitrogen and oxygen atoms in total. The summed E-state index contributed by atoms with van der Waals surface area (Å²) in [6.45, 7) is 0.318. The molecule has 30 heavy (non-hydrogen) atoms. The number of rotatable bonds is 5. The molecule has 0 aliphatic carbocycles. The second-order valence-electron chi connectivity index (χ2n) is 6.09. The molecule has 2 aromatic carbocycles. The molecule has 0 radical (unpaired) electrons. The molecule has 0 bridgehead atoms. The number of carbonyl (C=O) groups excluding carboxylic acids is 2. The van der Waals surface area contributed by atoms with Gasteiger partial charge in [-0.15, -0.1) is 0 Å². The Morgan fingerprint density at radius 1 is 0.867 bits per heavy atom. The first-order valence-electron chi connectivity index (χ1n) is 8.61. The van der Waals surface area contributed by atoms with E-state index < -0.39 is 12.1 Å². The summed E-state index contributed by atoms with van der Waals surface area (Å²) in [6, 6.07) is 8.77. The van der Waals surface area contributed by atoms with Crippen molar-refractivity contribution >= 4 is 69.8 Å². The van der Waals surface area contributed by atoms with Gasteiger partial charge in [-0.3, -0.25) is 4.57 Å². The molecule has 156 valence electrons. The number of urea groups is 1. The fraction of sp³-hybridized carbons (Fsp3) is 0.105. The van der Waals surface area contributed by atoms with Gasteiger partial charge in [0.05, 0.1) is 25.8 Å². The van der Waals surface area contributed by atoms with Gasteiger partial charge in [-0.25, -0.2) is 14.6 Å². The van der Waals surface area contributed by atoms with Gasteiger partial charge in [-0.05, 0) is 36.4 Å². The summed E-state index contributed by atoms with van der Waals surface area (Å²) in [5, 5.41) is 9.53. The van der Waals surface area contributed by atoms with E-state index in [-0.39, 0.29) is 0 Å².